The molecular weight excluding hydrogens is 465 g/mol. The Balaban J connectivity index is 1.65. The fraction of sp³-hybridized carbons (Fsp3) is 0.250. The molecule has 3 aromatic rings. The number of nitrogens with zero attached hydrogens (tertiary/aromatic N) is 2. The Morgan fingerprint density at radius 1 is 1.20 bits per heavy atom. The summed E-state index contributed by atoms with van der Waals surface area (Å²) in [5.41, 5.74) is 2.13. The van der Waals surface area contributed by atoms with Crippen LogP contribution in [-0.4, -0.2) is 29.8 Å². The standard InChI is InChI=1S/C20H19Cl2N3O3S2/c1-3-28-10-13-9-12(7-8-17(13)27-2)18(26)23-19-24-25-20(30-19)29-11-14-15(21)5-4-6-16(14)22/h4-9H,3,10-11H2,1-2H3,(H,23,24,26). The lowest BCUT2D eigenvalue weighted by atomic mass is 10.1. The zero-order chi connectivity index (χ0) is 21.5. The van der Waals surface area contributed by atoms with Gasteiger partial charge in [-0.15, -0.1) is 10.2 Å². The van der Waals surface area contributed by atoms with Crippen LogP contribution in [0.5, 0.6) is 5.75 Å². The zero-order valence-electron chi connectivity index (χ0n) is 16.3. The number of thioether (sulfide) groups is 1. The van der Waals surface area contributed by atoms with Crippen LogP contribution in [0.25, 0.3) is 0 Å². The maximum atomic E-state index is 12.6. The highest BCUT2D eigenvalue weighted by molar-refractivity contribution is 8.00. The molecule has 30 heavy (non-hydrogen) atoms. The Labute approximate surface area is 192 Å². The molecule has 0 aliphatic heterocycles. The lowest BCUT2D eigenvalue weighted by molar-refractivity contribution is 0.102. The number of carbonyl (C=O) groups is 1. The van der Waals surface area contributed by atoms with E-state index in [9.17, 15) is 4.79 Å². The molecule has 0 saturated carbocycles. The number of aromatic nitrogens is 2. The predicted molar refractivity (Wildman–Crippen MR) is 122 cm³/mol. The molecule has 1 amide bonds. The van der Waals surface area contributed by atoms with Gasteiger partial charge in [0.15, 0.2) is 4.34 Å². The van der Waals surface area contributed by atoms with Crippen LogP contribution in [0, 0.1) is 0 Å². The van der Waals surface area contributed by atoms with Crippen molar-refractivity contribution in [1.29, 1.82) is 0 Å². The van der Waals surface area contributed by atoms with Crippen molar-refractivity contribution in [2.24, 2.45) is 0 Å². The number of benzene rings is 2. The molecule has 0 aliphatic carbocycles. The van der Waals surface area contributed by atoms with E-state index in [0.717, 1.165) is 11.1 Å². The van der Waals surface area contributed by atoms with E-state index in [1.54, 1.807) is 43.5 Å². The molecule has 10 heteroatoms. The molecule has 0 atom stereocenters. The largest absolute Gasteiger partial charge is 0.496 e. The fourth-order valence-electron chi connectivity index (χ4n) is 2.54. The van der Waals surface area contributed by atoms with Gasteiger partial charge in [0, 0.05) is 33.5 Å². The number of ether oxygens (including phenoxy) is 2. The van der Waals surface area contributed by atoms with Gasteiger partial charge in [0.05, 0.1) is 13.7 Å². The van der Waals surface area contributed by atoms with Crippen LogP contribution in [0.15, 0.2) is 40.7 Å². The normalized spacial score (nSPS) is 10.8. The van der Waals surface area contributed by atoms with Gasteiger partial charge in [-0.05, 0) is 42.8 Å². The third-order valence-corrected chi connectivity index (χ3v) is 6.74. The van der Waals surface area contributed by atoms with Crippen LogP contribution in [0.2, 0.25) is 10.0 Å². The van der Waals surface area contributed by atoms with Crippen LogP contribution in [0.3, 0.4) is 0 Å². The number of rotatable bonds is 9. The Morgan fingerprint density at radius 2 is 1.97 bits per heavy atom. The molecule has 0 radical (unpaired) electrons. The van der Waals surface area contributed by atoms with Crippen molar-refractivity contribution in [3.05, 3.63) is 63.1 Å². The average molecular weight is 484 g/mol. The van der Waals surface area contributed by atoms with Gasteiger partial charge in [0.1, 0.15) is 5.75 Å². The second kappa shape index (κ2) is 11.0. The van der Waals surface area contributed by atoms with E-state index in [-0.39, 0.29) is 5.91 Å². The Kier molecular flexibility index (Phi) is 8.35. The van der Waals surface area contributed by atoms with Gasteiger partial charge in [0.2, 0.25) is 5.13 Å². The Morgan fingerprint density at radius 3 is 2.67 bits per heavy atom. The molecule has 3 rings (SSSR count). The van der Waals surface area contributed by atoms with Gasteiger partial charge in [-0.2, -0.15) is 0 Å². The molecule has 6 nitrogen and oxygen atoms in total. The van der Waals surface area contributed by atoms with Crippen molar-refractivity contribution in [2.75, 3.05) is 19.0 Å². The van der Waals surface area contributed by atoms with E-state index in [4.69, 9.17) is 32.7 Å². The number of amides is 1. The van der Waals surface area contributed by atoms with Crippen LogP contribution in [0.4, 0.5) is 5.13 Å². The van der Waals surface area contributed by atoms with E-state index >= 15 is 0 Å². The average Bonchev–Trinajstić information content (AvgIpc) is 3.18. The minimum atomic E-state index is -0.280. The first-order valence-corrected chi connectivity index (χ1v) is 11.5. The number of carbonyl (C=O) groups excluding carboxylic acids is 1. The number of hydrogen-bond acceptors (Lipinski definition) is 7. The summed E-state index contributed by atoms with van der Waals surface area (Å²) >= 11 is 15.1. The van der Waals surface area contributed by atoms with Crippen LogP contribution < -0.4 is 10.1 Å². The quantitative estimate of drug-likeness (QED) is 0.300. The van der Waals surface area contributed by atoms with Gasteiger partial charge < -0.3 is 9.47 Å². The van der Waals surface area contributed by atoms with E-state index in [1.807, 2.05) is 6.92 Å². The molecule has 1 aromatic heterocycles. The summed E-state index contributed by atoms with van der Waals surface area (Å²) in [5.74, 6) is 0.950. The van der Waals surface area contributed by atoms with Gasteiger partial charge in [0.25, 0.3) is 5.91 Å². The highest BCUT2D eigenvalue weighted by Crippen LogP contribution is 2.33. The van der Waals surface area contributed by atoms with Crippen molar-refractivity contribution in [2.45, 2.75) is 23.6 Å². The summed E-state index contributed by atoms with van der Waals surface area (Å²) in [6.07, 6.45) is 0. The topological polar surface area (TPSA) is 73.3 Å². The lowest BCUT2D eigenvalue weighted by Gasteiger charge is -2.10. The minimum Gasteiger partial charge on any atom is -0.496 e. The predicted octanol–water partition coefficient (Wildman–Crippen LogP) is 5.93. The monoisotopic (exact) mass is 483 g/mol. The van der Waals surface area contributed by atoms with E-state index in [0.29, 0.717) is 49.8 Å². The summed E-state index contributed by atoms with van der Waals surface area (Å²) in [6.45, 7) is 2.85. The number of halogens is 2. The first-order chi connectivity index (χ1) is 14.5. The van der Waals surface area contributed by atoms with Crippen molar-refractivity contribution >= 4 is 57.3 Å². The maximum Gasteiger partial charge on any atom is 0.257 e. The maximum absolute atomic E-state index is 12.6. The highest BCUT2D eigenvalue weighted by atomic mass is 35.5. The number of nitrogens with one attached hydrogen (secondary N) is 1. The molecule has 0 aliphatic rings. The summed E-state index contributed by atoms with van der Waals surface area (Å²) < 4.78 is 11.5. The van der Waals surface area contributed by atoms with Gasteiger partial charge in [-0.3, -0.25) is 10.1 Å². The van der Waals surface area contributed by atoms with Gasteiger partial charge in [-0.1, -0.05) is 52.4 Å². The molecule has 0 spiro atoms. The summed E-state index contributed by atoms with van der Waals surface area (Å²) in [4.78, 5) is 12.6. The number of hydrogen-bond donors (Lipinski definition) is 1. The Hall–Kier alpha value is -1.84. The third kappa shape index (κ3) is 5.86. The van der Waals surface area contributed by atoms with Crippen molar-refractivity contribution in [3.8, 4) is 5.75 Å². The van der Waals surface area contributed by atoms with E-state index < -0.39 is 0 Å². The second-order valence-electron chi connectivity index (χ2n) is 5.98. The molecule has 158 valence electrons. The molecule has 2 aromatic carbocycles. The van der Waals surface area contributed by atoms with Crippen molar-refractivity contribution in [3.63, 3.8) is 0 Å². The highest BCUT2D eigenvalue weighted by Gasteiger charge is 2.14. The second-order valence-corrected chi connectivity index (χ2v) is 8.99. The van der Waals surface area contributed by atoms with Crippen LogP contribution in [0.1, 0.15) is 28.4 Å². The van der Waals surface area contributed by atoms with Crippen molar-refractivity contribution in [1.82, 2.24) is 10.2 Å². The molecule has 1 heterocycles. The van der Waals surface area contributed by atoms with Gasteiger partial charge in [-0.25, -0.2) is 0 Å². The van der Waals surface area contributed by atoms with Gasteiger partial charge >= 0.3 is 0 Å². The van der Waals surface area contributed by atoms with Crippen LogP contribution in [-0.2, 0) is 17.1 Å². The number of methoxy groups -OCH3 is 1. The first-order valence-electron chi connectivity index (χ1n) is 8.97. The molecule has 0 saturated heterocycles. The first kappa shape index (κ1) is 22.8. The molecule has 0 fully saturated rings. The zero-order valence-corrected chi connectivity index (χ0v) is 19.4. The minimum absolute atomic E-state index is 0.280. The molecular formula is C20H19Cl2N3O3S2. The van der Waals surface area contributed by atoms with E-state index in [1.165, 1.54) is 23.1 Å². The van der Waals surface area contributed by atoms with Crippen molar-refractivity contribution < 1.29 is 14.3 Å². The molecule has 0 unspecified atom stereocenters. The Bertz CT molecular complexity index is 1010. The number of anilines is 1. The summed E-state index contributed by atoms with van der Waals surface area (Å²) in [7, 11) is 1.58. The summed E-state index contributed by atoms with van der Waals surface area (Å²) in [6, 6.07) is 10.6. The fourth-order valence-corrected chi connectivity index (χ4v) is 5.03. The third-order valence-electron chi connectivity index (χ3n) is 4.03. The molecule has 0 bridgehead atoms. The van der Waals surface area contributed by atoms with Crippen LogP contribution >= 0.6 is 46.3 Å². The lowest BCUT2D eigenvalue weighted by Crippen LogP contribution is -2.12. The summed E-state index contributed by atoms with van der Waals surface area (Å²) in [5, 5.41) is 12.6. The molecule has 1 N–H and O–H groups in total. The SMILES string of the molecule is CCOCc1cc(C(=O)Nc2nnc(SCc3c(Cl)cccc3Cl)s2)ccc1OC. The van der Waals surface area contributed by atoms with E-state index in [2.05, 4.69) is 15.5 Å². The smallest absolute Gasteiger partial charge is 0.257 e.